The van der Waals surface area contributed by atoms with Gasteiger partial charge in [-0.3, -0.25) is 14.6 Å². The van der Waals surface area contributed by atoms with Crippen LogP contribution in [0.15, 0.2) is 97.6 Å². The minimum atomic E-state index is 0. The number of nitrogens with zero attached hydrogens (tertiary/aromatic N) is 5. The van der Waals surface area contributed by atoms with Crippen LogP contribution in [-0.4, -0.2) is 24.3 Å². The quantitative estimate of drug-likeness (QED) is 0.213. The molecule has 0 N–H and O–H groups in total. The first-order valence-corrected chi connectivity index (χ1v) is 11.2. The third-order valence-electron chi connectivity index (χ3n) is 6.11. The van der Waals surface area contributed by atoms with Crippen molar-refractivity contribution in [3.8, 4) is 33.9 Å². The second kappa shape index (κ2) is 9.41. The summed E-state index contributed by atoms with van der Waals surface area (Å²) < 4.78 is 3.97. The van der Waals surface area contributed by atoms with Crippen LogP contribution in [0, 0.1) is 19.9 Å². The Bertz CT molecular complexity index is 1590. The van der Waals surface area contributed by atoms with Gasteiger partial charge in [0.25, 0.3) is 0 Å². The van der Waals surface area contributed by atoms with Gasteiger partial charge in [0.05, 0.1) is 17.8 Å². The van der Waals surface area contributed by atoms with Crippen LogP contribution in [-0.2, 0) is 20.1 Å². The van der Waals surface area contributed by atoms with E-state index in [-0.39, 0.29) is 20.1 Å². The van der Waals surface area contributed by atoms with E-state index in [1.165, 1.54) is 11.1 Å². The molecule has 0 spiro atoms. The van der Waals surface area contributed by atoms with Crippen molar-refractivity contribution in [2.24, 2.45) is 0 Å². The Hall–Kier alpha value is -3.86. The summed E-state index contributed by atoms with van der Waals surface area (Å²) in [5.74, 6) is 0.745. The van der Waals surface area contributed by atoms with Crippen LogP contribution in [0.2, 0.25) is 0 Å². The number of hydrogen-bond acceptors (Lipinski definition) is 3. The first kappa shape index (κ1) is 22.9. The van der Waals surface area contributed by atoms with Crippen LogP contribution in [0.5, 0.6) is 0 Å². The van der Waals surface area contributed by atoms with E-state index in [1.807, 2.05) is 47.4 Å². The number of aryl methyl sites for hydroxylation is 2. The Balaban J connectivity index is 0.00000253. The second-order valence-electron chi connectivity index (χ2n) is 8.39. The predicted molar refractivity (Wildman–Crippen MR) is 135 cm³/mol. The van der Waals surface area contributed by atoms with Gasteiger partial charge in [-0.05, 0) is 65.9 Å². The van der Waals surface area contributed by atoms with Gasteiger partial charge in [-0.1, -0.05) is 48.5 Å². The fourth-order valence-corrected chi connectivity index (χ4v) is 4.55. The van der Waals surface area contributed by atoms with Gasteiger partial charge in [0, 0.05) is 31.3 Å². The zero-order chi connectivity index (χ0) is 23.1. The van der Waals surface area contributed by atoms with Crippen molar-refractivity contribution >= 4 is 11.0 Å². The fraction of sp³-hybridized carbons (Fsp3) is 0.0690. The maximum absolute atomic E-state index is 4.63. The van der Waals surface area contributed by atoms with Crippen molar-refractivity contribution in [2.45, 2.75) is 13.8 Å². The summed E-state index contributed by atoms with van der Waals surface area (Å²) in [5.41, 5.74) is 9.52. The van der Waals surface area contributed by atoms with Gasteiger partial charge in [0.2, 0.25) is 0 Å². The van der Waals surface area contributed by atoms with Gasteiger partial charge in [0.15, 0.2) is 0 Å². The fourth-order valence-electron chi connectivity index (χ4n) is 4.55. The van der Waals surface area contributed by atoms with E-state index in [0.717, 1.165) is 44.9 Å². The van der Waals surface area contributed by atoms with Crippen LogP contribution in [0.1, 0.15) is 11.1 Å². The maximum Gasteiger partial charge on any atom is 0.127 e. The number of aromatic nitrogens is 5. The van der Waals surface area contributed by atoms with Gasteiger partial charge < -0.3 is 4.57 Å². The molecule has 1 radical (unpaired) electrons. The molecule has 2 heterocycles. The number of rotatable bonds is 4. The Morgan fingerprint density at radius 2 is 1.46 bits per heavy atom. The topological polar surface area (TPSA) is 48.5 Å². The van der Waals surface area contributed by atoms with Gasteiger partial charge >= 0.3 is 0 Å². The molecule has 4 aromatic carbocycles. The summed E-state index contributed by atoms with van der Waals surface area (Å²) >= 11 is 0. The standard InChI is InChI=1S/C29H22N5.Ir/c1-20-15-24(22-9-5-3-6-10-22)16-21(2)28(20)34-29(30-18-32-34)23-13-14-27-26(17-23)31-19-33(27)25-11-7-4-8-12-25;/h3-12,14-19H,1-2H3;/q-1;. The molecule has 0 aliphatic heterocycles. The molecule has 0 unspecified atom stereocenters. The van der Waals surface area contributed by atoms with E-state index < -0.39 is 0 Å². The average Bonchev–Trinajstić information content (AvgIpc) is 3.52. The predicted octanol–water partition coefficient (Wildman–Crippen LogP) is 6.35. The van der Waals surface area contributed by atoms with E-state index in [0.29, 0.717) is 0 Å². The van der Waals surface area contributed by atoms with Crippen LogP contribution < -0.4 is 0 Å². The molecule has 0 aliphatic rings. The first-order valence-electron chi connectivity index (χ1n) is 11.2. The van der Waals surface area contributed by atoms with Crippen molar-refractivity contribution in [2.75, 3.05) is 0 Å². The molecule has 6 aromatic rings. The first-order chi connectivity index (χ1) is 16.7. The minimum absolute atomic E-state index is 0. The number of imidazole rings is 1. The van der Waals surface area contributed by atoms with Crippen molar-refractivity contribution in [3.63, 3.8) is 0 Å². The van der Waals surface area contributed by atoms with Gasteiger partial charge in [-0.2, -0.15) is 5.10 Å². The molecule has 0 amide bonds. The molecule has 5 nitrogen and oxygen atoms in total. The third kappa shape index (κ3) is 4.12. The number of para-hydroxylation sites is 1. The molecule has 0 saturated carbocycles. The van der Waals surface area contributed by atoms with Crippen LogP contribution in [0.25, 0.3) is 44.9 Å². The van der Waals surface area contributed by atoms with Crippen molar-refractivity contribution < 1.29 is 20.1 Å². The normalized spacial score (nSPS) is 10.9. The summed E-state index contributed by atoms with van der Waals surface area (Å²) in [4.78, 5) is 9.22. The summed E-state index contributed by atoms with van der Waals surface area (Å²) in [6.07, 6.45) is 3.44. The van der Waals surface area contributed by atoms with Crippen molar-refractivity contribution in [1.82, 2.24) is 24.3 Å². The van der Waals surface area contributed by atoms with E-state index in [9.17, 15) is 0 Å². The summed E-state index contributed by atoms with van der Waals surface area (Å²) in [5, 5.41) is 4.58. The van der Waals surface area contributed by atoms with E-state index in [1.54, 1.807) is 6.33 Å². The second-order valence-corrected chi connectivity index (χ2v) is 8.39. The molecule has 35 heavy (non-hydrogen) atoms. The Kier molecular flexibility index (Phi) is 6.16. The van der Waals surface area contributed by atoms with Gasteiger partial charge in [-0.15, -0.1) is 23.8 Å². The smallest absolute Gasteiger partial charge is 0.127 e. The van der Waals surface area contributed by atoms with Gasteiger partial charge in [-0.25, -0.2) is 0 Å². The maximum atomic E-state index is 4.63. The summed E-state index contributed by atoms with van der Waals surface area (Å²) in [7, 11) is 0. The molecule has 2 aromatic heterocycles. The number of fused-ring (bicyclic) bond motifs is 1. The minimum Gasteiger partial charge on any atom is -0.340 e. The molecule has 0 saturated heterocycles. The van der Waals surface area contributed by atoms with Gasteiger partial charge in [0.1, 0.15) is 6.33 Å². The SMILES string of the molecule is Cc1cc(-c2ccccc2)cc(C)c1-n1ncnc1-c1[c-]cc2c(c1)ncn2-c1ccccc1.[Ir]. The third-order valence-corrected chi connectivity index (χ3v) is 6.11. The zero-order valence-corrected chi connectivity index (χ0v) is 21.7. The number of benzene rings is 4. The van der Waals surface area contributed by atoms with Crippen LogP contribution >= 0.6 is 0 Å². The van der Waals surface area contributed by atoms with Crippen molar-refractivity contribution in [3.05, 3.63) is 115 Å². The molecular formula is C29H22IrN5-. The Morgan fingerprint density at radius 3 is 2.17 bits per heavy atom. The zero-order valence-electron chi connectivity index (χ0n) is 19.3. The van der Waals surface area contributed by atoms with Crippen LogP contribution in [0.3, 0.4) is 0 Å². The molecule has 0 bridgehead atoms. The molecule has 173 valence electrons. The van der Waals surface area contributed by atoms with Crippen molar-refractivity contribution in [1.29, 1.82) is 0 Å². The Labute approximate surface area is 217 Å². The van der Waals surface area contributed by atoms with E-state index >= 15 is 0 Å². The largest absolute Gasteiger partial charge is 0.340 e. The molecule has 0 fully saturated rings. The molecular weight excluding hydrogens is 611 g/mol. The monoisotopic (exact) mass is 633 g/mol. The average molecular weight is 633 g/mol. The molecule has 0 aliphatic carbocycles. The van der Waals surface area contributed by atoms with Crippen LogP contribution in [0.4, 0.5) is 0 Å². The Morgan fingerprint density at radius 1 is 0.771 bits per heavy atom. The summed E-state index contributed by atoms with van der Waals surface area (Å²) in [6, 6.07) is 32.4. The molecule has 0 atom stereocenters. The molecule has 6 heteroatoms. The summed E-state index contributed by atoms with van der Waals surface area (Å²) in [6.45, 7) is 4.24. The van der Waals surface area contributed by atoms with E-state index in [4.69, 9.17) is 0 Å². The van der Waals surface area contributed by atoms with E-state index in [2.05, 4.69) is 88.1 Å². The number of hydrogen-bond donors (Lipinski definition) is 0. The molecule has 6 rings (SSSR count).